The molecule has 7 heteroatoms. The molecule has 3 aromatic rings. The van der Waals surface area contributed by atoms with Crippen molar-refractivity contribution in [3.63, 3.8) is 0 Å². The summed E-state index contributed by atoms with van der Waals surface area (Å²) in [5.74, 6) is 6.49. The Morgan fingerprint density at radius 1 is 1.13 bits per heavy atom. The van der Waals surface area contributed by atoms with Crippen LogP contribution in [-0.4, -0.2) is 14.9 Å². The minimum absolute atomic E-state index is 0.0779. The lowest BCUT2D eigenvalue weighted by Crippen LogP contribution is -2.12. The highest BCUT2D eigenvalue weighted by Gasteiger charge is 2.17. The van der Waals surface area contributed by atoms with E-state index in [9.17, 15) is 4.39 Å². The van der Waals surface area contributed by atoms with Crippen molar-refractivity contribution in [2.24, 2.45) is 0 Å². The third kappa shape index (κ3) is 3.40. The van der Waals surface area contributed by atoms with Crippen LogP contribution in [0.2, 0.25) is 0 Å². The highest BCUT2D eigenvalue weighted by molar-refractivity contribution is 9.10. The van der Waals surface area contributed by atoms with Crippen molar-refractivity contribution in [3.05, 3.63) is 64.4 Å². The first-order valence-electron chi connectivity index (χ1n) is 6.94. The lowest BCUT2D eigenvalue weighted by atomic mass is 10.2. The van der Waals surface area contributed by atoms with Gasteiger partial charge in [0.15, 0.2) is 5.82 Å². The lowest BCUT2D eigenvalue weighted by molar-refractivity contribution is 0.627. The van der Waals surface area contributed by atoms with Crippen LogP contribution in [0.5, 0.6) is 0 Å². The molecule has 3 rings (SSSR count). The van der Waals surface area contributed by atoms with Crippen LogP contribution in [0.4, 0.5) is 4.39 Å². The van der Waals surface area contributed by atoms with E-state index in [0.29, 0.717) is 11.0 Å². The number of nitrogen functional groups attached to an aromatic ring is 1. The van der Waals surface area contributed by atoms with Crippen LogP contribution >= 0.6 is 27.7 Å². The molecule has 1 heterocycles. The van der Waals surface area contributed by atoms with Gasteiger partial charge in [0.2, 0.25) is 5.16 Å². The van der Waals surface area contributed by atoms with E-state index in [1.54, 1.807) is 12.1 Å². The second kappa shape index (κ2) is 6.72. The first-order chi connectivity index (χ1) is 11.1. The highest BCUT2D eigenvalue weighted by Crippen LogP contribution is 2.35. The van der Waals surface area contributed by atoms with Gasteiger partial charge in [-0.05, 0) is 36.8 Å². The van der Waals surface area contributed by atoms with Gasteiger partial charge in [-0.25, -0.2) is 9.07 Å². The van der Waals surface area contributed by atoms with Crippen LogP contribution in [0.1, 0.15) is 17.7 Å². The summed E-state index contributed by atoms with van der Waals surface area (Å²) in [5.41, 5.74) is 1.88. The Balaban J connectivity index is 1.85. The Labute approximate surface area is 146 Å². The van der Waals surface area contributed by atoms with E-state index < -0.39 is 0 Å². The topological polar surface area (TPSA) is 56.7 Å². The average Bonchev–Trinajstić information content (AvgIpc) is 2.89. The van der Waals surface area contributed by atoms with Gasteiger partial charge in [-0.2, -0.15) is 0 Å². The Bertz CT molecular complexity index is 819. The Hall–Kier alpha value is -1.86. The predicted molar refractivity (Wildman–Crippen MR) is 94.0 cm³/mol. The molecular formula is C16H14BrFN4S. The Morgan fingerprint density at radius 2 is 1.83 bits per heavy atom. The van der Waals surface area contributed by atoms with Crippen LogP contribution in [0.3, 0.4) is 0 Å². The maximum atomic E-state index is 13.0. The fraction of sp³-hybridized carbons (Fsp3) is 0.125. The summed E-state index contributed by atoms with van der Waals surface area (Å²) in [6, 6.07) is 14.1. The van der Waals surface area contributed by atoms with Gasteiger partial charge in [-0.15, -0.1) is 10.2 Å². The van der Waals surface area contributed by atoms with Gasteiger partial charge in [-0.1, -0.05) is 52.0 Å². The van der Waals surface area contributed by atoms with Crippen LogP contribution in [0.15, 0.2) is 58.2 Å². The molecule has 0 aliphatic carbocycles. The molecule has 4 nitrogen and oxygen atoms in total. The third-order valence-electron chi connectivity index (χ3n) is 3.40. The molecule has 0 bridgehead atoms. The number of hydrogen-bond donors (Lipinski definition) is 1. The molecule has 118 valence electrons. The van der Waals surface area contributed by atoms with E-state index in [-0.39, 0.29) is 11.1 Å². The second-order valence-electron chi connectivity index (χ2n) is 4.97. The van der Waals surface area contributed by atoms with E-state index in [2.05, 4.69) is 26.1 Å². The molecule has 2 aromatic carbocycles. The number of rotatable bonds is 4. The van der Waals surface area contributed by atoms with Crippen LogP contribution < -0.4 is 5.84 Å². The minimum Gasteiger partial charge on any atom is -0.335 e. The van der Waals surface area contributed by atoms with E-state index in [1.807, 2.05) is 31.2 Å². The standard InChI is InChI=1S/C16H14BrFN4S/c1-10(11-6-8-12(18)9-7-11)23-16-21-20-15(22(16)19)13-4-2-3-5-14(13)17/h2-10H,19H2,1H3. The average molecular weight is 393 g/mol. The molecule has 1 aromatic heterocycles. The summed E-state index contributed by atoms with van der Waals surface area (Å²) in [5, 5.41) is 9.04. The molecule has 1 atom stereocenters. The Kier molecular flexibility index (Phi) is 4.68. The zero-order valence-electron chi connectivity index (χ0n) is 12.3. The molecule has 0 aliphatic rings. The molecule has 0 fully saturated rings. The summed E-state index contributed by atoms with van der Waals surface area (Å²) < 4.78 is 15.4. The van der Waals surface area contributed by atoms with Crippen molar-refractivity contribution in [1.82, 2.24) is 14.9 Å². The van der Waals surface area contributed by atoms with Gasteiger partial charge in [0.25, 0.3) is 0 Å². The minimum atomic E-state index is -0.246. The largest absolute Gasteiger partial charge is 0.335 e. The molecule has 0 radical (unpaired) electrons. The Morgan fingerprint density at radius 3 is 2.52 bits per heavy atom. The van der Waals surface area contributed by atoms with E-state index in [1.165, 1.54) is 28.6 Å². The molecule has 0 saturated heterocycles. The maximum Gasteiger partial charge on any atom is 0.210 e. The van der Waals surface area contributed by atoms with Gasteiger partial charge in [0, 0.05) is 15.3 Å². The van der Waals surface area contributed by atoms with Crippen LogP contribution in [0.25, 0.3) is 11.4 Å². The number of nitrogens with two attached hydrogens (primary N) is 1. The van der Waals surface area contributed by atoms with Crippen LogP contribution in [0, 0.1) is 5.82 Å². The van der Waals surface area contributed by atoms with E-state index in [0.717, 1.165) is 15.6 Å². The number of benzene rings is 2. The molecule has 1 unspecified atom stereocenters. The van der Waals surface area contributed by atoms with Crippen molar-refractivity contribution >= 4 is 27.7 Å². The van der Waals surface area contributed by atoms with E-state index in [4.69, 9.17) is 5.84 Å². The summed E-state index contributed by atoms with van der Waals surface area (Å²) >= 11 is 4.97. The summed E-state index contributed by atoms with van der Waals surface area (Å²) in [6.45, 7) is 2.02. The normalized spacial score (nSPS) is 12.3. The summed E-state index contributed by atoms with van der Waals surface area (Å²) in [4.78, 5) is 0. The predicted octanol–water partition coefficient (Wildman–Crippen LogP) is 4.41. The van der Waals surface area contributed by atoms with Gasteiger partial charge < -0.3 is 5.84 Å². The van der Waals surface area contributed by atoms with Gasteiger partial charge >= 0.3 is 0 Å². The first-order valence-corrected chi connectivity index (χ1v) is 8.61. The van der Waals surface area contributed by atoms with Crippen molar-refractivity contribution < 1.29 is 4.39 Å². The molecular weight excluding hydrogens is 379 g/mol. The number of hydrogen-bond acceptors (Lipinski definition) is 4. The second-order valence-corrected chi connectivity index (χ2v) is 7.13. The molecule has 0 aliphatic heterocycles. The van der Waals surface area contributed by atoms with E-state index >= 15 is 0 Å². The molecule has 23 heavy (non-hydrogen) atoms. The monoisotopic (exact) mass is 392 g/mol. The summed E-state index contributed by atoms with van der Waals surface area (Å²) in [6.07, 6.45) is 0. The van der Waals surface area contributed by atoms with Crippen molar-refractivity contribution in [3.8, 4) is 11.4 Å². The summed E-state index contributed by atoms with van der Waals surface area (Å²) in [7, 11) is 0. The fourth-order valence-electron chi connectivity index (χ4n) is 2.14. The molecule has 2 N–H and O–H groups in total. The van der Waals surface area contributed by atoms with Crippen molar-refractivity contribution in [2.75, 3.05) is 5.84 Å². The number of thioether (sulfide) groups is 1. The molecule has 0 spiro atoms. The van der Waals surface area contributed by atoms with Crippen LogP contribution in [-0.2, 0) is 0 Å². The maximum absolute atomic E-state index is 13.0. The number of aromatic nitrogens is 3. The first kappa shape index (κ1) is 16.0. The van der Waals surface area contributed by atoms with Crippen molar-refractivity contribution in [2.45, 2.75) is 17.3 Å². The quantitative estimate of drug-likeness (QED) is 0.527. The molecule has 0 saturated carbocycles. The fourth-order valence-corrected chi connectivity index (χ4v) is 3.50. The zero-order chi connectivity index (χ0) is 16.4. The van der Waals surface area contributed by atoms with Crippen molar-refractivity contribution in [1.29, 1.82) is 0 Å². The smallest absolute Gasteiger partial charge is 0.210 e. The molecule has 0 amide bonds. The zero-order valence-corrected chi connectivity index (χ0v) is 14.7. The van der Waals surface area contributed by atoms with Gasteiger partial charge in [0.05, 0.1) is 0 Å². The third-order valence-corrected chi connectivity index (χ3v) is 5.21. The lowest BCUT2D eigenvalue weighted by Gasteiger charge is -2.11. The van der Waals surface area contributed by atoms with Gasteiger partial charge in [0.1, 0.15) is 5.82 Å². The number of nitrogens with zero attached hydrogens (tertiary/aromatic N) is 3. The number of halogens is 2. The highest BCUT2D eigenvalue weighted by atomic mass is 79.9. The van der Waals surface area contributed by atoms with Gasteiger partial charge in [-0.3, -0.25) is 0 Å². The SMILES string of the molecule is CC(Sc1nnc(-c2ccccc2Br)n1N)c1ccc(F)cc1.